The van der Waals surface area contributed by atoms with Crippen LogP contribution < -0.4 is 5.32 Å². The number of benzene rings is 1. The Morgan fingerprint density at radius 2 is 2.32 bits per heavy atom. The fraction of sp³-hybridized carbons (Fsp3) is 0.562. The third kappa shape index (κ3) is 4.27. The Labute approximate surface area is 116 Å². The number of likely N-dealkylation sites (tertiary alicyclic amines) is 1. The van der Waals surface area contributed by atoms with Gasteiger partial charge in [0.05, 0.1) is 0 Å². The van der Waals surface area contributed by atoms with Crippen LogP contribution in [-0.4, -0.2) is 30.4 Å². The minimum atomic E-state index is 0.284. The SMILES string of the molecule is Cc1cccc(NCCC(=O)N2CCCC(C)C2)c1. The molecule has 3 heteroatoms. The number of carbonyl (C=O) groups excluding carboxylic acids is 1. The Kier molecular flexibility index (Phi) is 4.83. The molecule has 1 aromatic rings. The molecule has 1 aliphatic heterocycles. The molecule has 0 saturated carbocycles. The lowest BCUT2D eigenvalue weighted by molar-refractivity contribution is -0.132. The van der Waals surface area contributed by atoms with Gasteiger partial charge in [-0.15, -0.1) is 0 Å². The van der Waals surface area contributed by atoms with Crippen molar-refractivity contribution in [3.8, 4) is 0 Å². The second-order valence-electron chi connectivity index (χ2n) is 5.63. The van der Waals surface area contributed by atoms with E-state index >= 15 is 0 Å². The summed E-state index contributed by atoms with van der Waals surface area (Å²) < 4.78 is 0. The van der Waals surface area contributed by atoms with E-state index in [-0.39, 0.29) is 5.91 Å². The standard InChI is InChI=1S/C16H24N2O/c1-13-5-3-7-15(11-13)17-9-8-16(19)18-10-4-6-14(2)12-18/h3,5,7,11,14,17H,4,6,8-10,12H2,1-2H3. The van der Waals surface area contributed by atoms with Crippen molar-refractivity contribution in [3.63, 3.8) is 0 Å². The molecule has 0 radical (unpaired) electrons. The first-order valence-corrected chi connectivity index (χ1v) is 7.23. The topological polar surface area (TPSA) is 32.3 Å². The average molecular weight is 260 g/mol. The first-order valence-electron chi connectivity index (χ1n) is 7.23. The highest BCUT2D eigenvalue weighted by atomic mass is 16.2. The quantitative estimate of drug-likeness (QED) is 0.902. The lowest BCUT2D eigenvalue weighted by Gasteiger charge is -2.31. The maximum absolute atomic E-state index is 12.1. The molecular formula is C16H24N2O. The van der Waals surface area contributed by atoms with Gasteiger partial charge < -0.3 is 10.2 Å². The van der Waals surface area contributed by atoms with Gasteiger partial charge in [0.2, 0.25) is 5.91 Å². The third-order valence-corrected chi connectivity index (χ3v) is 3.70. The van der Waals surface area contributed by atoms with Crippen molar-refractivity contribution in [2.75, 3.05) is 25.0 Å². The van der Waals surface area contributed by atoms with Gasteiger partial charge in [0, 0.05) is 31.7 Å². The molecule has 2 rings (SSSR count). The van der Waals surface area contributed by atoms with Crippen molar-refractivity contribution in [3.05, 3.63) is 29.8 Å². The molecule has 1 unspecified atom stereocenters. The third-order valence-electron chi connectivity index (χ3n) is 3.70. The Bertz CT molecular complexity index is 431. The largest absolute Gasteiger partial charge is 0.385 e. The number of nitrogens with zero attached hydrogens (tertiary/aromatic N) is 1. The van der Waals surface area contributed by atoms with Crippen LogP contribution in [0.5, 0.6) is 0 Å². The Hall–Kier alpha value is -1.51. The Balaban J connectivity index is 1.74. The first-order chi connectivity index (χ1) is 9.15. The van der Waals surface area contributed by atoms with Crippen molar-refractivity contribution < 1.29 is 4.79 Å². The number of nitrogens with one attached hydrogen (secondary N) is 1. The molecule has 1 atom stereocenters. The number of rotatable bonds is 4. The van der Waals surface area contributed by atoms with E-state index < -0.39 is 0 Å². The molecule has 1 amide bonds. The Morgan fingerprint density at radius 1 is 1.47 bits per heavy atom. The van der Waals surface area contributed by atoms with Gasteiger partial charge >= 0.3 is 0 Å². The average Bonchev–Trinajstić information content (AvgIpc) is 2.38. The fourth-order valence-electron chi connectivity index (χ4n) is 2.64. The van der Waals surface area contributed by atoms with Gasteiger partial charge in [-0.2, -0.15) is 0 Å². The molecule has 0 aromatic heterocycles. The second kappa shape index (κ2) is 6.60. The summed E-state index contributed by atoms with van der Waals surface area (Å²) in [6.07, 6.45) is 2.99. The summed E-state index contributed by atoms with van der Waals surface area (Å²) in [6.45, 7) is 6.89. The molecule has 3 nitrogen and oxygen atoms in total. The Morgan fingerprint density at radius 3 is 3.05 bits per heavy atom. The molecule has 1 aliphatic rings. The van der Waals surface area contributed by atoms with Crippen LogP contribution in [0.2, 0.25) is 0 Å². The molecule has 0 aliphatic carbocycles. The monoisotopic (exact) mass is 260 g/mol. The lowest BCUT2D eigenvalue weighted by Crippen LogP contribution is -2.39. The highest BCUT2D eigenvalue weighted by Gasteiger charge is 2.20. The molecule has 1 N–H and O–H groups in total. The number of aryl methyl sites for hydroxylation is 1. The number of amides is 1. The molecule has 1 fully saturated rings. The van der Waals surface area contributed by atoms with E-state index in [9.17, 15) is 4.79 Å². The lowest BCUT2D eigenvalue weighted by atomic mass is 10.00. The minimum absolute atomic E-state index is 0.284. The van der Waals surface area contributed by atoms with Crippen LogP contribution in [0.1, 0.15) is 31.7 Å². The molecule has 1 aromatic carbocycles. The van der Waals surface area contributed by atoms with Crippen LogP contribution in [0.3, 0.4) is 0 Å². The van der Waals surface area contributed by atoms with Crippen LogP contribution >= 0.6 is 0 Å². The van der Waals surface area contributed by atoms with E-state index in [4.69, 9.17) is 0 Å². The number of piperidine rings is 1. The number of carbonyl (C=O) groups is 1. The minimum Gasteiger partial charge on any atom is -0.385 e. The maximum Gasteiger partial charge on any atom is 0.224 e. The summed E-state index contributed by atoms with van der Waals surface area (Å²) >= 11 is 0. The molecule has 104 valence electrons. The highest BCUT2D eigenvalue weighted by Crippen LogP contribution is 2.16. The van der Waals surface area contributed by atoms with Gasteiger partial charge in [0.25, 0.3) is 0 Å². The summed E-state index contributed by atoms with van der Waals surface area (Å²) in [5.41, 5.74) is 2.33. The van der Waals surface area contributed by atoms with Crippen molar-refractivity contribution in [2.45, 2.75) is 33.1 Å². The van der Waals surface area contributed by atoms with Crippen LogP contribution in [0.25, 0.3) is 0 Å². The molecule has 1 saturated heterocycles. The number of anilines is 1. The van der Waals surface area contributed by atoms with Crippen molar-refractivity contribution in [1.82, 2.24) is 4.90 Å². The van der Waals surface area contributed by atoms with Crippen molar-refractivity contribution in [2.24, 2.45) is 5.92 Å². The van der Waals surface area contributed by atoms with Gasteiger partial charge in [0.15, 0.2) is 0 Å². The van der Waals surface area contributed by atoms with E-state index in [1.165, 1.54) is 12.0 Å². The summed E-state index contributed by atoms with van der Waals surface area (Å²) in [6, 6.07) is 8.26. The van der Waals surface area contributed by atoms with E-state index in [2.05, 4.69) is 31.3 Å². The molecule has 1 heterocycles. The zero-order valence-corrected chi connectivity index (χ0v) is 12.0. The molecule has 19 heavy (non-hydrogen) atoms. The fourth-order valence-corrected chi connectivity index (χ4v) is 2.64. The number of hydrogen-bond donors (Lipinski definition) is 1. The van der Waals surface area contributed by atoms with Crippen molar-refractivity contribution >= 4 is 11.6 Å². The second-order valence-corrected chi connectivity index (χ2v) is 5.63. The van der Waals surface area contributed by atoms with E-state index in [0.29, 0.717) is 18.9 Å². The van der Waals surface area contributed by atoms with Gasteiger partial charge in [-0.3, -0.25) is 4.79 Å². The first kappa shape index (κ1) is 13.9. The van der Waals surface area contributed by atoms with Gasteiger partial charge in [-0.05, 0) is 43.4 Å². The van der Waals surface area contributed by atoms with E-state index in [1.807, 2.05) is 17.0 Å². The van der Waals surface area contributed by atoms with Gasteiger partial charge in [0.1, 0.15) is 0 Å². The normalized spacial score (nSPS) is 19.3. The summed E-state index contributed by atoms with van der Waals surface area (Å²) in [5.74, 6) is 0.939. The van der Waals surface area contributed by atoms with Crippen molar-refractivity contribution in [1.29, 1.82) is 0 Å². The smallest absolute Gasteiger partial charge is 0.224 e. The van der Waals surface area contributed by atoms with Gasteiger partial charge in [-0.1, -0.05) is 19.1 Å². The number of hydrogen-bond acceptors (Lipinski definition) is 2. The summed E-state index contributed by atoms with van der Waals surface area (Å²) in [4.78, 5) is 14.1. The van der Waals surface area contributed by atoms with E-state index in [1.54, 1.807) is 0 Å². The molecule has 0 bridgehead atoms. The van der Waals surface area contributed by atoms with Crippen LogP contribution in [0.15, 0.2) is 24.3 Å². The zero-order chi connectivity index (χ0) is 13.7. The highest BCUT2D eigenvalue weighted by molar-refractivity contribution is 5.76. The van der Waals surface area contributed by atoms with Crippen LogP contribution in [0, 0.1) is 12.8 Å². The predicted octanol–water partition coefficient (Wildman–Crippen LogP) is 3.06. The summed E-state index contributed by atoms with van der Waals surface area (Å²) in [7, 11) is 0. The van der Waals surface area contributed by atoms with Crippen LogP contribution in [0.4, 0.5) is 5.69 Å². The van der Waals surface area contributed by atoms with E-state index in [0.717, 1.165) is 25.2 Å². The molecule has 0 spiro atoms. The maximum atomic E-state index is 12.1. The van der Waals surface area contributed by atoms with Crippen LogP contribution in [-0.2, 0) is 4.79 Å². The predicted molar refractivity (Wildman–Crippen MR) is 79.3 cm³/mol. The summed E-state index contributed by atoms with van der Waals surface area (Å²) in [5, 5.41) is 3.32. The zero-order valence-electron chi connectivity index (χ0n) is 12.0. The molecular weight excluding hydrogens is 236 g/mol. The van der Waals surface area contributed by atoms with Gasteiger partial charge in [-0.25, -0.2) is 0 Å².